The fourth-order valence-corrected chi connectivity index (χ4v) is 3.27. The van der Waals surface area contributed by atoms with E-state index in [2.05, 4.69) is 10.3 Å². The van der Waals surface area contributed by atoms with E-state index in [4.69, 9.17) is 4.74 Å². The summed E-state index contributed by atoms with van der Waals surface area (Å²) >= 11 is 0. The molecule has 138 valence electrons. The number of amides is 1. The number of rotatable bonds is 5. The summed E-state index contributed by atoms with van der Waals surface area (Å²) < 4.78 is 68.1. The highest BCUT2D eigenvalue weighted by atomic mass is 19.4. The summed E-state index contributed by atoms with van der Waals surface area (Å²) in [5, 5.41) is 2.63. The van der Waals surface area contributed by atoms with Crippen LogP contribution in [0.3, 0.4) is 0 Å². The molecule has 0 radical (unpaired) electrons. The highest BCUT2D eigenvalue weighted by Crippen LogP contribution is 2.70. The van der Waals surface area contributed by atoms with Crippen LogP contribution >= 0.6 is 0 Å². The Kier molecular flexibility index (Phi) is 4.15. The first-order chi connectivity index (χ1) is 11.5. The molecule has 1 unspecified atom stereocenters. The van der Waals surface area contributed by atoms with Gasteiger partial charge in [0.15, 0.2) is 6.10 Å². The molecule has 2 fully saturated rings. The Bertz CT molecular complexity index is 669. The van der Waals surface area contributed by atoms with Gasteiger partial charge in [0.1, 0.15) is 0 Å². The molecule has 2 atom stereocenters. The molecule has 2 aliphatic carbocycles. The van der Waals surface area contributed by atoms with Gasteiger partial charge in [-0.2, -0.15) is 13.2 Å². The average Bonchev–Trinajstić information content (AvgIpc) is 3.17. The predicted octanol–water partition coefficient (Wildman–Crippen LogP) is 3.46. The van der Waals surface area contributed by atoms with Crippen molar-refractivity contribution >= 4 is 5.91 Å². The molecule has 3 rings (SSSR count). The number of halogens is 5. The molecule has 1 heterocycles. The van der Waals surface area contributed by atoms with Gasteiger partial charge in [-0.1, -0.05) is 0 Å². The maximum atomic E-state index is 13.0. The monoisotopic (exact) mass is 364 g/mol. The smallest absolute Gasteiger partial charge is 0.425 e. The zero-order chi connectivity index (χ0) is 18.5. The molecule has 0 aliphatic heterocycles. The van der Waals surface area contributed by atoms with Crippen molar-refractivity contribution in [2.75, 3.05) is 0 Å². The van der Waals surface area contributed by atoms with Crippen molar-refractivity contribution in [3.63, 3.8) is 0 Å². The van der Waals surface area contributed by atoms with Gasteiger partial charge in [0.25, 0.3) is 0 Å². The van der Waals surface area contributed by atoms with Gasteiger partial charge in [0.2, 0.25) is 17.7 Å². The molecule has 9 heteroatoms. The molecule has 2 aliphatic rings. The van der Waals surface area contributed by atoms with E-state index < -0.39 is 29.5 Å². The van der Waals surface area contributed by atoms with Gasteiger partial charge in [0, 0.05) is 37.6 Å². The summed E-state index contributed by atoms with van der Waals surface area (Å²) in [5.74, 6) is -3.58. The molecule has 1 aromatic heterocycles. The number of carbonyl (C=O) groups is 1. The van der Waals surface area contributed by atoms with Gasteiger partial charge >= 0.3 is 6.18 Å². The fourth-order valence-electron chi connectivity index (χ4n) is 3.27. The second-order valence-electron chi connectivity index (χ2n) is 6.85. The van der Waals surface area contributed by atoms with Crippen molar-refractivity contribution in [1.29, 1.82) is 0 Å². The molecular formula is C16H17F5N2O2. The zero-order valence-corrected chi connectivity index (χ0v) is 13.4. The van der Waals surface area contributed by atoms with E-state index >= 15 is 0 Å². The van der Waals surface area contributed by atoms with Gasteiger partial charge in [0.05, 0.1) is 0 Å². The van der Waals surface area contributed by atoms with Crippen LogP contribution in [0, 0.1) is 11.3 Å². The third-order valence-corrected chi connectivity index (χ3v) is 4.75. The van der Waals surface area contributed by atoms with Crippen LogP contribution in [0.1, 0.15) is 31.7 Å². The van der Waals surface area contributed by atoms with Crippen LogP contribution in [0.5, 0.6) is 5.88 Å². The van der Waals surface area contributed by atoms with E-state index in [1.54, 1.807) is 0 Å². The average molecular weight is 364 g/mol. The molecule has 1 amide bonds. The standard InChI is InChI=1S/C16H17F5N2O2/c1-9(16(19,20)21)25-12-4-10(2-3-22-12)6-23-13(24)11-5-14(11)7-15(17,18)8-14/h2-4,9,11H,5-8H2,1H3,(H,23,24)/t9-,11?/m1/s1. The van der Waals surface area contributed by atoms with Crippen molar-refractivity contribution in [3.8, 4) is 5.88 Å². The maximum absolute atomic E-state index is 13.0. The molecule has 0 saturated heterocycles. The number of pyridine rings is 1. The second-order valence-corrected chi connectivity index (χ2v) is 6.85. The van der Waals surface area contributed by atoms with Crippen LogP contribution in [0.25, 0.3) is 0 Å². The molecule has 0 bridgehead atoms. The van der Waals surface area contributed by atoms with Crippen LogP contribution in [0.15, 0.2) is 18.3 Å². The van der Waals surface area contributed by atoms with Crippen LogP contribution in [0.4, 0.5) is 22.0 Å². The first-order valence-corrected chi connectivity index (χ1v) is 7.85. The van der Waals surface area contributed by atoms with Gasteiger partial charge in [-0.05, 0) is 30.4 Å². The molecular weight excluding hydrogens is 347 g/mol. The molecule has 25 heavy (non-hydrogen) atoms. The summed E-state index contributed by atoms with van der Waals surface area (Å²) in [6, 6.07) is 2.84. The number of alkyl halides is 5. The van der Waals surface area contributed by atoms with Crippen LogP contribution < -0.4 is 10.1 Å². The number of nitrogens with one attached hydrogen (secondary N) is 1. The minimum absolute atomic E-state index is 0.0705. The Morgan fingerprint density at radius 2 is 2.12 bits per heavy atom. The summed E-state index contributed by atoms with van der Waals surface area (Å²) in [5.41, 5.74) is -0.0382. The van der Waals surface area contributed by atoms with Crippen molar-refractivity contribution in [2.24, 2.45) is 11.3 Å². The first kappa shape index (κ1) is 17.9. The minimum atomic E-state index is -4.50. The number of carbonyl (C=O) groups excluding carboxylic acids is 1. The van der Waals surface area contributed by atoms with Crippen LogP contribution in [0.2, 0.25) is 0 Å². The highest BCUT2D eigenvalue weighted by molar-refractivity contribution is 5.83. The Balaban J connectivity index is 1.51. The lowest BCUT2D eigenvalue weighted by Gasteiger charge is -2.36. The third-order valence-electron chi connectivity index (χ3n) is 4.75. The minimum Gasteiger partial charge on any atom is -0.465 e. The largest absolute Gasteiger partial charge is 0.465 e. The topological polar surface area (TPSA) is 51.2 Å². The molecule has 1 spiro atoms. The highest BCUT2D eigenvalue weighted by Gasteiger charge is 2.71. The van der Waals surface area contributed by atoms with Crippen LogP contribution in [-0.4, -0.2) is 29.1 Å². The lowest BCUT2D eigenvalue weighted by atomic mass is 9.76. The molecule has 2 saturated carbocycles. The quantitative estimate of drug-likeness (QED) is 0.814. The predicted molar refractivity (Wildman–Crippen MR) is 76.9 cm³/mol. The Hall–Kier alpha value is -1.93. The Morgan fingerprint density at radius 1 is 1.44 bits per heavy atom. The maximum Gasteiger partial charge on any atom is 0.425 e. The number of nitrogens with zero attached hydrogens (tertiary/aromatic N) is 1. The third kappa shape index (κ3) is 3.85. The van der Waals surface area contributed by atoms with Gasteiger partial charge < -0.3 is 10.1 Å². The van der Waals surface area contributed by atoms with Gasteiger partial charge in [-0.3, -0.25) is 4.79 Å². The molecule has 4 nitrogen and oxygen atoms in total. The van der Waals surface area contributed by atoms with Gasteiger partial charge in [-0.15, -0.1) is 0 Å². The van der Waals surface area contributed by atoms with E-state index in [0.29, 0.717) is 12.0 Å². The number of hydrogen-bond donors (Lipinski definition) is 1. The molecule has 0 aromatic carbocycles. The number of aromatic nitrogens is 1. The van der Waals surface area contributed by atoms with E-state index in [0.717, 1.165) is 6.92 Å². The van der Waals surface area contributed by atoms with Gasteiger partial charge in [-0.25, -0.2) is 13.8 Å². The van der Waals surface area contributed by atoms with Crippen molar-refractivity contribution in [1.82, 2.24) is 10.3 Å². The Labute approximate surface area is 140 Å². The summed E-state index contributed by atoms with van der Waals surface area (Å²) in [6.07, 6.45) is -5.26. The molecule has 1 aromatic rings. The van der Waals surface area contributed by atoms with E-state index in [1.165, 1.54) is 18.3 Å². The van der Waals surface area contributed by atoms with Crippen molar-refractivity contribution < 1.29 is 31.5 Å². The molecule has 1 N–H and O–H groups in total. The number of ether oxygens (including phenoxy) is 1. The van der Waals surface area contributed by atoms with E-state index in [-0.39, 0.29) is 31.2 Å². The fraction of sp³-hybridized carbons (Fsp3) is 0.625. The normalized spacial score (nSPS) is 24.3. The van der Waals surface area contributed by atoms with Crippen molar-refractivity contribution in [2.45, 2.75) is 50.9 Å². The second kappa shape index (κ2) is 5.81. The Morgan fingerprint density at radius 3 is 2.72 bits per heavy atom. The zero-order valence-electron chi connectivity index (χ0n) is 13.4. The first-order valence-electron chi connectivity index (χ1n) is 7.85. The number of hydrogen-bond acceptors (Lipinski definition) is 3. The van der Waals surface area contributed by atoms with Crippen LogP contribution in [-0.2, 0) is 11.3 Å². The SMILES string of the molecule is C[C@@H](Oc1cc(CNC(=O)C2CC23CC(F)(F)C3)ccn1)C(F)(F)F. The summed E-state index contributed by atoms with van der Waals surface area (Å²) in [4.78, 5) is 15.8. The van der Waals surface area contributed by atoms with E-state index in [1.807, 2.05) is 0 Å². The lowest BCUT2D eigenvalue weighted by Crippen LogP contribution is -2.40. The lowest BCUT2D eigenvalue weighted by molar-refractivity contribution is -0.190. The summed E-state index contributed by atoms with van der Waals surface area (Å²) in [6.45, 7) is 0.943. The van der Waals surface area contributed by atoms with E-state index in [9.17, 15) is 26.7 Å². The summed E-state index contributed by atoms with van der Waals surface area (Å²) in [7, 11) is 0. The van der Waals surface area contributed by atoms with Crippen molar-refractivity contribution in [3.05, 3.63) is 23.9 Å².